The molecule has 0 saturated carbocycles. The van der Waals surface area contributed by atoms with Gasteiger partial charge < -0.3 is 15.2 Å². The van der Waals surface area contributed by atoms with Crippen molar-refractivity contribution in [3.63, 3.8) is 0 Å². The molecular weight excluding hydrogens is 369 g/mol. The zero-order chi connectivity index (χ0) is 17.1. The predicted octanol–water partition coefficient (Wildman–Crippen LogP) is 6.81. The minimum Gasteiger partial charge on any atom is -0.453 e. The van der Waals surface area contributed by atoms with E-state index in [0.717, 1.165) is 0 Å². The third-order valence-electron chi connectivity index (χ3n) is 3.13. The maximum atomic E-state index is 6.15. The number of hydrogen-bond acceptors (Lipinski definition) is 3. The molecule has 3 aromatic rings. The van der Waals surface area contributed by atoms with Crippen molar-refractivity contribution in [3.05, 3.63) is 75.7 Å². The summed E-state index contributed by atoms with van der Waals surface area (Å²) in [6.45, 7) is 0. The molecular formula is C18H12Cl3NO2. The second-order valence-corrected chi connectivity index (χ2v) is 6.22. The van der Waals surface area contributed by atoms with Crippen LogP contribution in [0.2, 0.25) is 15.1 Å². The summed E-state index contributed by atoms with van der Waals surface area (Å²) in [7, 11) is 0. The molecule has 3 aromatic carbocycles. The van der Waals surface area contributed by atoms with Gasteiger partial charge >= 0.3 is 0 Å². The normalized spacial score (nSPS) is 10.5. The number of hydrogen-bond donors (Lipinski definition) is 1. The molecule has 0 fully saturated rings. The third-order valence-corrected chi connectivity index (χ3v) is 3.89. The van der Waals surface area contributed by atoms with E-state index in [1.165, 1.54) is 0 Å². The van der Waals surface area contributed by atoms with Gasteiger partial charge in [-0.2, -0.15) is 0 Å². The van der Waals surface area contributed by atoms with Gasteiger partial charge in [0.15, 0.2) is 11.5 Å². The number of halogens is 3. The SMILES string of the molecule is Nc1ccc(Oc2cc(Cl)ccc2Oc2ccc(Cl)cc2Cl)cc1. The molecule has 0 aromatic heterocycles. The second-order valence-electron chi connectivity index (χ2n) is 4.94. The first-order valence-corrected chi connectivity index (χ1v) is 8.10. The maximum Gasteiger partial charge on any atom is 0.171 e. The molecule has 6 heteroatoms. The number of benzene rings is 3. The van der Waals surface area contributed by atoms with Gasteiger partial charge in [0.2, 0.25) is 0 Å². The van der Waals surface area contributed by atoms with Crippen LogP contribution in [-0.2, 0) is 0 Å². The first-order chi connectivity index (χ1) is 11.5. The summed E-state index contributed by atoms with van der Waals surface area (Å²) in [5.41, 5.74) is 6.33. The van der Waals surface area contributed by atoms with Crippen molar-refractivity contribution < 1.29 is 9.47 Å². The lowest BCUT2D eigenvalue weighted by Crippen LogP contribution is -1.92. The number of nitrogens with two attached hydrogens (primary N) is 1. The first-order valence-electron chi connectivity index (χ1n) is 6.97. The van der Waals surface area contributed by atoms with Crippen LogP contribution in [0.3, 0.4) is 0 Å². The molecule has 24 heavy (non-hydrogen) atoms. The van der Waals surface area contributed by atoms with Crippen LogP contribution in [-0.4, -0.2) is 0 Å². The Kier molecular flexibility index (Phi) is 5.05. The number of rotatable bonds is 4. The van der Waals surface area contributed by atoms with Crippen molar-refractivity contribution in [1.29, 1.82) is 0 Å². The van der Waals surface area contributed by atoms with Crippen LogP contribution in [0.4, 0.5) is 5.69 Å². The molecule has 0 aliphatic carbocycles. The standard InChI is InChI=1S/C18H12Cl3NO2/c19-11-1-7-16(15(21)9-11)24-17-8-2-12(20)10-18(17)23-14-5-3-13(22)4-6-14/h1-10H,22H2. The van der Waals surface area contributed by atoms with Crippen LogP contribution < -0.4 is 15.2 Å². The van der Waals surface area contributed by atoms with Gasteiger partial charge in [0.05, 0.1) is 5.02 Å². The highest BCUT2D eigenvalue weighted by atomic mass is 35.5. The number of ether oxygens (including phenoxy) is 2. The van der Waals surface area contributed by atoms with Crippen LogP contribution in [0.25, 0.3) is 0 Å². The zero-order valence-corrected chi connectivity index (χ0v) is 14.6. The van der Waals surface area contributed by atoms with E-state index < -0.39 is 0 Å². The Morgan fingerprint density at radius 2 is 1.25 bits per heavy atom. The van der Waals surface area contributed by atoms with E-state index in [1.807, 2.05) is 0 Å². The fraction of sp³-hybridized carbons (Fsp3) is 0. The van der Waals surface area contributed by atoms with Gasteiger partial charge in [-0.15, -0.1) is 0 Å². The monoisotopic (exact) mass is 379 g/mol. The highest BCUT2D eigenvalue weighted by molar-refractivity contribution is 6.35. The van der Waals surface area contributed by atoms with Crippen LogP contribution in [0.5, 0.6) is 23.0 Å². The largest absolute Gasteiger partial charge is 0.453 e. The van der Waals surface area contributed by atoms with E-state index in [0.29, 0.717) is 43.8 Å². The Morgan fingerprint density at radius 3 is 1.92 bits per heavy atom. The van der Waals surface area contributed by atoms with Crippen molar-refractivity contribution in [2.75, 3.05) is 5.73 Å². The predicted molar refractivity (Wildman–Crippen MR) is 98.9 cm³/mol. The second kappa shape index (κ2) is 7.22. The maximum absolute atomic E-state index is 6.15. The van der Waals surface area contributed by atoms with Gasteiger partial charge in [-0.3, -0.25) is 0 Å². The summed E-state index contributed by atoms with van der Waals surface area (Å²) in [4.78, 5) is 0. The molecule has 0 heterocycles. The van der Waals surface area contributed by atoms with Crippen LogP contribution in [0.15, 0.2) is 60.7 Å². The van der Waals surface area contributed by atoms with Crippen LogP contribution in [0.1, 0.15) is 0 Å². The highest BCUT2D eigenvalue weighted by Crippen LogP contribution is 2.39. The molecule has 0 atom stereocenters. The highest BCUT2D eigenvalue weighted by Gasteiger charge is 2.11. The molecule has 2 N–H and O–H groups in total. The average Bonchev–Trinajstić information content (AvgIpc) is 2.54. The first kappa shape index (κ1) is 16.8. The average molecular weight is 381 g/mol. The molecule has 122 valence electrons. The van der Waals surface area contributed by atoms with Crippen LogP contribution >= 0.6 is 34.8 Å². The summed E-state index contributed by atoms with van der Waals surface area (Å²) in [6.07, 6.45) is 0. The third kappa shape index (κ3) is 4.06. The van der Waals surface area contributed by atoms with Gasteiger partial charge in [0.25, 0.3) is 0 Å². The Morgan fingerprint density at radius 1 is 0.625 bits per heavy atom. The Hall–Kier alpha value is -2.07. The quantitative estimate of drug-likeness (QED) is 0.505. The lowest BCUT2D eigenvalue weighted by Gasteiger charge is -2.13. The summed E-state index contributed by atoms with van der Waals surface area (Å²) in [6, 6.07) is 17.1. The van der Waals surface area contributed by atoms with Crippen LogP contribution in [0, 0.1) is 0 Å². The van der Waals surface area contributed by atoms with Crippen molar-refractivity contribution in [2.24, 2.45) is 0 Å². The number of anilines is 1. The van der Waals surface area contributed by atoms with Crippen molar-refractivity contribution in [1.82, 2.24) is 0 Å². The van der Waals surface area contributed by atoms with Gasteiger partial charge in [0, 0.05) is 21.8 Å². The molecule has 0 spiro atoms. The molecule has 0 amide bonds. The lowest BCUT2D eigenvalue weighted by molar-refractivity contribution is 0.419. The molecule has 0 aliphatic rings. The van der Waals surface area contributed by atoms with E-state index in [2.05, 4.69) is 0 Å². The van der Waals surface area contributed by atoms with Crippen molar-refractivity contribution in [2.45, 2.75) is 0 Å². The topological polar surface area (TPSA) is 44.5 Å². The van der Waals surface area contributed by atoms with Crippen molar-refractivity contribution in [3.8, 4) is 23.0 Å². The Balaban J connectivity index is 1.91. The molecule has 3 nitrogen and oxygen atoms in total. The number of nitrogen functional groups attached to an aromatic ring is 1. The van der Waals surface area contributed by atoms with E-state index in [9.17, 15) is 0 Å². The van der Waals surface area contributed by atoms with Gasteiger partial charge in [-0.25, -0.2) is 0 Å². The summed E-state index contributed by atoms with van der Waals surface area (Å²) in [5.74, 6) is 2.00. The molecule has 0 saturated heterocycles. The van der Waals surface area contributed by atoms with Gasteiger partial charge in [0.1, 0.15) is 11.5 Å². The molecule has 3 rings (SSSR count). The Labute approximate surface area is 154 Å². The smallest absolute Gasteiger partial charge is 0.171 e. The van der Waals surface area contributed by atoms with Gasteiger partial charge in [-0.05, 0) is 54.6 Å². The fourth-order valence-corrected chi connectivity index (χ4v) is 2.59. The minimum absolute atomic E-state index is 0.399. The molecule has 0 radical (unpaired) electrons. The molecule has 0 aliphatic heterocycles. The van der Waals surface area contributed by atoms with Crippen molar-refractivity contribution >= 4 is 40.5 Å². The summed E-state index contributed by atoms with van der Waals surface area (Å²) >= 11 is 18.1. The van der Waals surface area contributed by atoms with E-state index in [-0.39, 0.29) is 0 Å². The van der Waals surface area contributed by atoms with E-state index in [4.69, 9.17) is 50.0 Å². The summed E-state index contributed by atoms with van der Waals surface area (Å²) < 4.78 is 11.7. The molecule has 0 unspecified atom stereocenters. The van der Waals surface area contributed by atoms with Gasteiger partial charge in [-0.1, -0.05) is 34.8 Å². The summed E-state index contributed by atoms with van der Waals surface area (Å²) in [5, 5.41) is 1.45. The lowest BCUT2D eigenvalue weighted by atomic mass is 10.3. The van der Waals surface area contributed by atoms with E-state index in [1.54, 1.807) is 60.7 Å². The zero-order valence-electron chi connectivity index (χ0n) is 12.3. The fourth-order valence-electron chi connectivity index (χ4n) is 1.99. The van der Waals surface area contributed by atoms with E-state index >= 15 is 0 Å². The minimum atomic E-state index is 0.399. The Bertz CT molecular complexity index is 867. The molecule has 0 bridgehead atoms.